The van der Waals surface area contributed by atoms with E-state index in [0.717, 1.165) is 44.2 Å². The molecule has 7 heteroatoms. The zero-order chi connectivity index (χ0) is 18.1. The zero-order valence-corrected chi connectivity index (χ0v) is 16.7. The van der Waals surface area contributed by atoms with Crippen LogP contribution in [0.25, 0.3) is 10.7 Å². The quantitative estimate of drug-likeness (QED) is 0.593. The smallest absolute Gasteiger partial charge is 0.230 e. The minimum Gasteiger partial charge on any atom is -0.339 e. The molecule has 1 saturated carbocycles. The Hall–Kier alpha value is -1.99. The van der Waals surface area contributed by atoms with Crippen LogP contribution in [0.3, 0.4) is 0 Å². The number of halogens is 1. The van der Waals surface area contributed by atoms with Crippen LogP contribution in [-0.2, 0) is 11.2 Å². The molecule has 134 valence electrons. The van der Waals surface area contributed by atoms with Crippen molar-refractivity contribution in [3.63, 3.8) is 0 Å². The lowest BCUT2D eigenvalue weighted by atomic mass is 9.85. The standard InChI is InChI=1S/C19H18BrN3O2S/c1-11-15(21-17(24)9-12-5-7-14(20)8-6-12)10-16(26-11)18-22-19(25-23-18)13-3-2-4-13/h5-8,10,13H,2-4,9H2,1H3,(H,21,24). The van der Waals surface area contributed by atoms with Gasteiger partial charge in [-0.1, -0.05) is 39.6 Å². The minimum atomic E-state index is -0.0389. The average Bonchev–Trinajstić information content (AvgIpc) is 3.16. The first-order valence-electron chi connectivity index (χ1n) is 8.57. The van der Waals surface area contributed by atoms with Crippen molar-refractivity contribution in [1.29, 1.82) is 0 Å². The summed E-state index contributed by atoms with van der Waals surface area (Å²) in [6, 6.07) is 9.68. The van der Waals surface area contributed by atoms with Crippen LogP contribution in [0.15, 0.2) is 39.3 Å². The number of hydrogen-bond acceptors (Lipinski definition) is 5. The van der Waals surface area contributed by atoms with E-state index in [1.165, 1.54) is 6.42 Å². The summed E-state index contributed by atoms with van der Waals surface area (Å²) >= 11 is 4.96. The molecule has 1 fully saturated rings. The second kappa shape index (κ2) is 7.32. The third kappa shape index (κ3) is 3.73. The van der Waals surface area contributed by atoms with E-state index in [2.05, 4.69) is 31.4 Å². The predicted molar refractivity (Wildman–Crippen MR) is 105 cm³/mol. The molecule has 0 radical (unpaired) electrons. The Kier molecular flexibility index (Phi) is 4.91. The van der Waals surface area contributed by atoms with E-state index in [1.54, 1.807) is 11.3 Å². The minimum absolute atomic E-state index is 0.0389. The van der Waals surface area contributed by atoms with Gasteiger partial charge in [0, 0.05) is 15.3 Å². The van der Waals surface area contributed by atoms with E-state index in [0.29, 0.717) is 18.2 Å². The van der Waals surface area contributed by atoms with E-state index in [9.17, 15) is 4.79 Å². The molecule has 2 heterocycles. The molecular formula is C19H18BrN3O2S. The first kappa shape index (κ1) is 17.4. The Balaban J connectivity index is 1.45. The maximum absolute atomic E-state index is 12.3. The molecule has 2 aromatic heterocycles. The largest absolute Gasteiger partial charge is 0.339 e. The lowest BCUT2D eigenvalue weighted by molar-refractivity contribution is -0.115. The van der Waals surface area contributed by atoms with Crippen LogP contribution < -0.4 is 5.32 Å². The Labute approximate surface area is 163 Å². The van der Waals surface area contributed by atoms with Gasteiger partial charge in [-0.05, 0) is 43.5 Å². The van der Waals surface area contributed by atoms with Crippen molar-refractivity contribution in [2.24, 2.45) is 0 Å². The Bertz CT molecular complexity index is 929. The van der Waals surface area contributed by atoms with E-state index >= 15 is 0 Å². The Morgan fingerprint density at radius 3 is 2.81 bits per heavy atom. The number of carbonyl (C=O) groups is 1. The van der Waals surface area contributed by atoms with E-state index in [1.807, 2.05) is 37.3 Å². The van der Waals surface area contributed by atoms with Gasteiger partial charge in [-0.25, -0.2) is 0 Å². The number of carbonyl (C=O) groups excluding carboxylic acids is 1. The topological polar surface area (TPSA) is 68.0 Å². The molecule has 0 unspecified atom stereocenters. The molecule has 1 aromatic carbocycles. The van der Waals surface area contributed by atoms with Gasteiger partial charge in [0.2, 0.25) is 17.6 Å². The summed E-state index contributed by atoms with van der Waals surface area (Å²) in [6.07, 6.45) is 3.83. The number of anilines is 1. The van der Waals surface area contributed by atoms with Crippen molar-refractivity contribution in [1.82, 2.24) is 10.1 Å². The predicted octanol–water partition coefficient (Wildman–Crippen LogP) is 5.32. The van der Waals surface area contributed by atoms with Crippen molar-refractivity contribution in [2.75, 3.05) is 5.32 Å². The summed E-state index contributed by atoms with van der Waals surface area (Å²) < 4.78 is 6.40. The molecule has 1 N–H and O–H groups in total. The van der Waals surface area contributed by atoms with Gasteiger partial charge >= 0.3 is 0 Å². The van der Waals surface area contributed by atoms with Crippen LogP contribution >= 0.6 is 27.3 Å². The monoisotopic (exact) mass is 431 g/mol. The van der Waals surface area contributed by atoms with Crippen LogP contribution in [-0.4, -0.2) is 16.0 Å². The first-order chi connectivity index (χ1) is 12.6. The number of aromatic nitrogens is 2. The second-order valence-electron chi connectivity index (χ2n) is 6.52. The van der Waals surface area contributed by atoms with Crippen LogP contribution in [0.1, 0.15) is 41.5 Å². The van der Waals surface area contributed by atoms with Crippen molar-refractivity contribution in [2.45, 2.75) is 38.5 Å². The molecule has 0 aliphatic heterocycles. The molecule has 26 heavy (non-hydrogen) atoms. The highest BCUT2D eigenvalue weighted by Crippen LogP contribution is 2.38. The lowest BCUT2D eigenvalue weighted by Crippen LogP contribution is -2.14. The van der Waals surface area contributed by atoms with E-state index < -0.39 is 0 Å². The normalized spacial score (nSPS) is 14.2. The molecule has 0 bridgehead atoms. The van der Waals surface area contributed by atoms with Gasteiger partial charge < -0.3 is 9.84 Å². The molecule has 0 atom stereocenters. The molecule has 4 rings (SSSR count). The number of aryl methyl sites for hydroxylation is 1. The molecule has 0 spiro atoms. The maximum atomic E-state index is 12.3. The highest BCUT2D eigenvalue weighted by atomic mass is 79.9. The third-order valence-corrected chi connectivity index (χ3v) is 6.16. The third-order valence-electron chi connectivity index (χ3n) is 4.59. The molecule has 1 amide bonds. The number of rotatable bonds is 5. The van der Waals surface area contributed by atoms with Gasteiger partial charge in [-0.2, -0.15) is 4.98 Å². The zero-order valence-electron chi connectivity index (χ0n) is 14.3. The number of nitrogens with zero attached hydrogens (tertiary/aromatic N) is 2. The maximum Gasteiger partial charge on any atom is 0.230 e. The number of nitrogens with one attached hydrogen (secondary N) is 1. The Morgan fingerprint density at radius 1 is 1.35 bits per heavy atom. The van der Waals surface area contributed by atoms with Crippen LogP contribution in [0, 0.1) is 6.92 Å². The summed E-state index contributed by atoms with van der Waals surface area (Å²) in [7, 11) is 0. The van der Waals surface area contributed by atoms with Crippen LogP contribution in [0.2, 0.25) is 0 Å². The second-order valence-corrected chi connectivity index (χ2v) is 8.69. The number of hydrogen-bond donors (Lipinski definition) is 1. The van der Waals surface area contributed by atoms with Gasteiger partial charge in [0.25, 0.3) is 0 Å². The molecule has 3 aromatic rings. The summed E-state index contributed by atoms with van der Waals surface area (Å²) in [5, 5.41) is 7.10. The van der Waals surface area contributed by atoms with Gasteiger partial charge in [0.15, 0.2) is 0 Å². The molecule has 0 saturated heterocycles. The average molecular weight is 432 g/mol. The highest BCUT2D eigenvalue weighted by Gasteiger charge is 2.26. The Morgan fingerprint density at radius 2 is 2.12 bits per heavy atom. The number of benzene rings is 1. The van der Waals surface area contributed by atoms with E-state index in [-0.39, 0.29) is 5.91 Å². The summed E-state index contributed by atoms with van der Waals surface area (Å²) in [6.45, 7) is 1.98. The molecule has 1 aliphatic rings. The van der Waals surface area contributed by atoms with E-state index in [4.69, 9.17) is 4.52 Å². The molecule has 5 nitrogen and oxygen atoms in total. The first-order valence-corrected chi connectivity index (χ1v) is 10.2. The van der Waals surface area contributed by atoms with Gasteiger partial charge in [0.1, 0.15) is 0 Å². The van der Waals surface area contributed by atoms with Gasteiger partial charge in [-0.3, -0.25) is 4.79 Å². The molecule has 1 aliphatic carbocycles. The number of thiophene rings is 1. The van der Waals surface area contributed by atoms with Crippen molar-refractivity contribution >= 4 is 38.9 Å². The van der Waals surface area contributed by atoms with Crippen LogP contribution in [0.4, 0.5) is 5.69 Å². The highest BCUT2D eigenvalue weighted by molar-refractivity contribution is 9.10. The van der Waals surface area contributed by atoms with Crippen molar-refractivity contribution in [3.8, 4) is 10.7 Å². The fourth-order valence-corrected chi connectivity index (χ4v) is 4.02. The summed E-state index contributed by atoms with van der Waals surface area (Å²) in [4.78, 5) is 18.8. The van der Waals surface area contributed by atoms with Gasteiger partial charge in [0.05, 0.1) is 17.0 Å². The lowest BCUT2D eigenvalue weighted by Gasteiger charge is -2.20. The van der Waals surface area contributed by atoms with Gasteiger partial charge in [-0.15, -0.1) is 11.3 Å². The fourth-order valence-electron chi connectivity index (χ4n) is 2.85. The summed E-state index contributed by atoms with van der Waals surface area (Å²) in [5.74, 6) is 1.72. The van der Waals surface area contributed by atoms with Crippen molar-refractivity contribution in [3.05, 3.63) is 51.1 Å². The van der Waals surface area contributed by atoms with Crippen molar-refractivity contribution < 1.29 is 9.32 Å². The fraction of sp³-hybridized carbons (Fsp3) is 0.316. The SMILES string of the molecule is Cc1sc(-c2noc(C3CCC3)n2)cc1NC(=O)Cc1ccc(Br)cc1. The summed E-state index contributed by atoms with van der Waals surface area (Å²) in [5.41, 5.74) is 1.78. The molecular weight excluding hydrogens is 414 g/mol. The number of amides is 1. The van der Waals surface area contributed by atoms with Crippen LogP contribution in [0.5, 0.6) is 0 Å².